The van der Waals surface area contributed by atoms with Crippen molar-refractivity contribution in [1.29, 1.82) is 0 Å². The number of rotatable bonds is 3. The molecule has 3 nitrogen and oxygen atoms in total. The van der Waals surface area contributed by atoms with E-state index >= 15 is 0 Å². The molecule has 2 unspecified atom stereocenters. The minimum Gasteiger partial charge on any atom is -0.461 e. The van der Waals surface area contributed by atoms with Gasteiger partial charge in [0.05, 0.1) is 0 Å². The number of ether oxygens (including phenoxy) is 1. The average molecular weight is 296 g/mol. The van der Waals surface area contributed by atoms with E-state index in [0.29, 0.717) is 22.4 Å². The lowest BCUT2D eigenvalue weighted by Gasteiger charge is -2.31. The summed E-state index contributed by atoms with van der Waals surface area (Å²) in [7, 11) is 0. The van der Waals surface area contributed by atoms with Gasteiger partial charge in [0, 0.05) is 5.02 Å². The third-order valence-corrected chi connectivity index (χ3v) is 4.26. The Bertz CT molecular complexity index is 467. The third-order valence-electron chi connectivity index (χ3n) is 3.91. The van der Waals surface area contributed by atoms with Crippen molar-refractivity contribution < 1.29 is 9.53 Å². The first-order chi connectivity index (χ1) is 9.47. The van der Waals surface area contributed by atoms with Gasteiger partial charge in [-0.25, -0.2) is 4.79 Å². The molecule has 1 fully saturated rings. The number of nitrogens with two attached hydrogens (primary N) is 1. The van der Waals surface area contributed by atoms with Crippen molar-refractivity contribution in [2.24, 2.45) is 17.6 Å². The van der Waals surface area contributed by atoms with Crippen LogP contribution in [0.3, 0.4) is 0 Å². The maximum Gasteiger partial charge on any atom is 0.327 e. The van der Waals surface area contributed by atoms with E-state index < -0.39 is 6.04 Å². The molecule has 1 saturated carbocycles. The minimum atomic E-state index is -0.809. The van der Waals surface area contributed by atoms with Crippen LogP contribution in [0.2, 0.25) is 5.02 Å². The third kappa shape index (κ3) is 3.74. The molecule has 1 aliphatic carbocycles. The summed E-state index contributed by atoms with van der Waals surface area (Å²) in [6, 6.07) is 6.32. The van der Waals surface area contributed by atoms with Gasteiger partial charge in [-0.05, 0) is 42.7 Å². The van der Waals surface area contributed by atoms with Crippen LogP contribution in [0.4, 0.5) is 0 Å². The first kappa shape index (κ1) is 15.3. The zero-order valence-electron chi connectivity index (χ0n) is 12.0. The Morgan fingerprint density at radius 2 is 1.85 bits per heavy atom. The Morgan fingerprint density at radius 3 is 2.45 bits per heavy atom. The Hall–Kier alpha value is -1.06. The molecule has 4 heteroatoms. The van der Waals surface area contributed by atoms with Crippen molar-refractivity contribution in [2.45, 2.75) is 45.3 Å². The van der Waals surface area contributed by atoms with Crippen LogP contribution < -0.4 is 5.73 Å². The van der Waals surface area contributed by atoms with Gasteiger partial charge < -0.3 is 10.5 Å². The Balaban J connectivity index is 1.99. The van der Waals surface area contributed by atoms with Crippen molar-refractivity contribution in [3.63, 3.8) is 0 Å². The van der Waals surface area contributed by atoms with Crippen LogP contribution in [-0.2, 0) is 9.53 Å². The van der Waals surface area contributed by atoms with E-state index in [9.17, 15) is 4.79 Å². The number of hydrogen-bond acceptors (Lipinski definition) is 3. The zero-order chi connectivity index (χ0) is 14.7. The van der Waals surface area contributed by atoms with E-state index in [0.717, 1.165) is 12.8 Å². The quantitative estimate of drug-likeness (QED) is 0.865. The summed E-state index contributed by atoms with van der Waals surface area (Å²) in [4.78, 5) is 12.2. The zero-order valence-corrected chi connectivity index (χ0v) is 12.8. The van der Waals surface area contributed by atoms with E-state index in [2.05, 4.69) is 13.8 Å². The highest BCUT2D eigenvalue weighted by Crippen LogP contribution is 2.31. The van der Waals surface area contributed by atoms with E-state index in [1.807, 2.05) is 12.1 Å². The van der Waals surface area contributed by atoms with Crippen molar-refractivity contribution in [2.75, 3.05) is 0 Å². The summed E-state index contributed by atoms with van der Waals surface area (Å²) in [5, 5.41) is 0.502. The van der Waals surface area contributed by atoms with Gasteiger partial charge in [-0.2, -0.15) is 0 Å². The van der Waals surface area contributed by atoms with Gasteiger partial charge in [-0.15, -0.1) is 0 Å². The molecule has 0 radical (unpaired) electrons. The van der Waals surface area contributed by atoms with E-state index in [4.69, 9.17) is 22.1 Å². The van der Waals surface area contributed by atoms with Gasteiger partial charge >= 0.3 is 5.97 Å². The molecule has 0 amide bonds. The van der Waals surface area contributed by atoms with Gasteiger partial charge in [0.1, 0.15) is 12.1 Å². The molecule has 0 heterocycles. The summed E-state index contributed by atoms with van der Waals surface area (Å²) in [5.41, 5.74) is 6.59. The van der Waals surface area contributed by atoms with Crippen LogP contribution in [0.1, 0.15) is 44.7 Å². The van der Waals surface area contributed by atoms with Crippen molar-refractivity contribution in [1.82, 2.24) is 0 Å². The maximum absolute atomic E-state index is 12.2. The second-order valence-corrected chi connectivity index (χ2v) is 6.38. The second-order valence-electron chi connectivity index (χ2n) is 5.98. The normalized spacial score (nSPS) is 27.9. The molecule has 110 valence electrons. The van der Waals surface area contributed by atoms with Crippen LogP contribution in [0.5, 0.6) is 0 Å². The van der Waals surface area contributed by atoms with E-state index in [1.54, 1.807) is 12.1 Å². The topological polar surface area (TPSA) is 52.3 Å². The minimum absolute atomic E-state index is 0.0187. The van der Waals surface area contributed by atoms with Crippen LogP contribution in [0, 0.1) is 11.8 Å². The molecule has 2 N–H and O–H groups in total. The number of carbonyl (C=O) groups is 1. The second kappa shape index (κ2) is 6.59. The highest BCUT2D eigenvalue weighted by Gasteiger charge is 2.29. The molecule has 0 aliphatic heterocycles. The Labute approximate surface area is 125 Å². The smallest absolute Gasteiger partial charge is 0.327 e. The largest absolute Gasteiger partial charge is 0.461 e. The number of esters is 1. The molecule has 2 rings (SSSR count). The molecule has 1 aromatic carbocycles. The summed E-state index contributed by atoms with van der Waals surface area (Å²) < 4.78 is 5.58. The average Bonchev–Trinajstić information content (AvgIpc) is 2.37. The van der Waals surface area contributed by atoms with E-state index in [-0.39, 0.29) is 12.1 Å². The molecular formula is C16H22ClNO2. The molecule has 0 spiro atoms. The maximum atomic E-state index is 12.2. The molecule has 0 bridgehead atoms. The first-order valence-corrected chi connectivity index (χ1v) is 7.55. The molecule has 0 saturated heterocycles. The molecular weight excluding hydrogens is 274 g/mol. The predicted octanol–water partition coefficient (Wildman–Crippen LogP) is 3.71. The lowest BCUT2D eigenvalue weighted by molar-refractivity contribution is -0.153. The fourth-order valence-electron chi connectivity index (χ4n) is 3.06. The van der Waals surface area contributed by atoms with E-state index in [1.165, 1.54) is 6.42 Å². The molecule has 20 heavy (non-hydrogen) atoms. The molecule has 1 aliphatic rings. The number of hydrogen-bond donors (Lipinski definition) is 1. The number of halogens is 1. The van der Waals surface area contributed by atoms with Crippen molar-refractivity contribution in [3.8, 4) is 0 Å². The molecule has 0 aromatic heterocycles. The van der Waals surface area contributed by atoms with Gasteiger partial charge in [0.2, 0.25) is 0 Å². The summed E-state index contributed by atoms with van der Waals surface area (Å²) in [6.07, 6.45) is 3.02. The van der Waals surface area contributed by atoms with Gasteiger partial charge in [0.15, 0.2) is 0 Å². The van der Waals surface area contributed by atoms with Crippen LogP contribution in [0.25, 0.3) is 0 Å². The summed E-state index contributed by atoms with van der Waals surface area (Å²) in [6.45, 7) is 4.40. The fourth-order valence-corrected chi connectivity index (χ4v) is 3.31. The molecule has 3 atom stereocenters. The van der Waals surface area contributed by atoms with Crippen molar-refractivity contribution >= 4 is 17.6 Å². The molecule has 1 aromatic rings. The highest BCUT2D eigenvalue weighted by molar-refractivity contribution is 6.31. The summed E-state index contributed by atoms with van der Waals surface area (Å²) >= 11 is 6.06. The Morgan fingerprint density at radius 1 is 1.25 bits per heavy atom. The lowest BCUT2D eigenvalue weighted by atomic mass is 9.82. The van der Waals surface area contributed by atoms with Gasteiger partial charge in [-0.1, -0.05) is 43.6 Å². The monoisotopic (exact) mass is 295 g/mol. The van der Waals surface area contributed by atoms with Crippen LogP contribution in [-0.4, -0.2) is 12.1 Å². The fraction of sp³-hybridized carbons (Fsp3) is 0.562. The predicted molar refractivity (Wildman–Crippen MR) is 80.4 cm³/mol. The Kier molecular flexibility index (Phi) is 5.06. The first-order valence-electron chi connectivity index (χ1n) is 7.18. The van der Waals surface area contributed by atoms with Crippen LogP contribution in [0.15, 0.2) is 24.3 Å². The summed E-state index contributed by atoms with van der Waals surface area (Å²) in [5.74, 6) is 0.797. The van der Waals surface area contributed by atoms with Gasteiger partial charge in [-0.3, -0.25) is 0 Å². The van der Waals surface area contributed by atoms with Gasteiger partial charge in [0.25, 0.3) is 0 Å². The number of benzene rings is 1. The highest BCUT2D eigenvalue weighted by atomic mass is 35.5. The number of carbonyl (C=O) groups excluding carboxylic acids is 1. The standard InChI is InChI=1S/C16H22ClNO2/c1-10-7-11(2)9-12(8-10)20-16(19)15(18)13-5-3-4-6-14(13)17/h3-6,10-12,15H,7-9,18H2,1-2H3/t10?,11?,12?,15-/m1/s1. The SMILES string of the molecule is CC1CC(C)CC(OC(=O)[C@H](N)c2ccccc2Cl)C1. The van der Waals surface area contributed by atoms with Crippen molar-refractivity contribution in [3.05, 3.63) is 34.9 Å². The van der Waals surface area contributed by atoms with Crippen LogP contribution >= 0.6 is 11.6 Å². The lowest BCUT2D eigenvalue weighted by Crippen LogP contribution is -2.32.